The minimum atomic E-state index is -1.28. The summed E-state index contributed by atoms with van der Waals surface area (Å²) in [6.45, 7) is -0.960. The van der Waals surface area contributed by atoms with Crippen LogP contribution in [0.3, 0.4) is 0 Å². The van der Waals surface area contributed by atoms with Gasteiger partial charge in [-0.15, -0.1) is 6.42 Å². The summed E-state index contributed by atoms with van der Waals surface area (Å²) < 4.78 is 4.94. The first-order valence-corrected chi connectivity index (χ1v) is 5.68. The summed E-state index contributed by atoms with van der Waals surface area (Å²) in [5.41, 5.74) is -0.812. The number of carboxylic acid groups (broad SMARTS) is 1. The largest absolute Gasteiger partial charge is 0.496 e. The van der Waals surface area contributed by atoms with E-state index in [0.717, 1.165) is 11.0 Å². The molecule has 0 saturated carbocycles. The monoisotopic (exact) mass is 292 g/mol. The molecule has 0 aromatic heterocycles. The van der Waals surface area contributed by atoms with Gasteiger partial charge in [0.05, 0.1) is 18.6 Å². The Hall–Kier alpha value is -3.08. The highest BCUT2D eigenvalue weighted by atomic mass is 16.6. The molecule has 1 aromatic rings. The van der Waals surface area contributed by atoms with Gasteiger partial charge in [-0.25, -0.2) is 0 Å². The molecule has 8 nitrogen and oxygen atoms in total. The molecule has 1 rings (SSSR count). The summed E-state index contributed by atoms with van der Waals surface area (Å²) in [7, 11) is 1.25. The molecule has 8 heteroatoms. The Kier molecular flexibility index (Phi) is 5.25. The second kappa shape index (κ2) is 6.91. The molecule has 1 aromatic carbocycles. The lowest BCUT2D eigenvalue weighted by Gasteiger charge is -2.19. The summed E-state index contributed by atoms with van der Waals surface area (Å²) in [5.74, 6) is -0.0420. The first-order chi connectivity index (χ1) is 9.92. The van der Waals surface area contributed by atoms with Crippen molar-refractivity contribution in [3.8, 4) is 18.1 Å². The SMILES string of the molecule is C#CCN(CC(=O)O)C(=O)c1c(OC)cccc1[N+](=O)[O-]. The van der Waals surface area contributed by atoms with Crippen LogP contribution in [0.1, 0.15) is 10.4 Å². The van der Waals surface area contributed by atoms with Crippen LogP contribution in [0.2, 0.25) is 0 Å². The first-order valence-electron chi connectivity index (χ1n) is 5.68. The minimum absolute atomic E-state index is 0.0263. The van der Waals surface area contributed by atoms with E-state index in [9.17, 15) is 19.7 Å². The molecule has 21 heavy (non-hydrogen) atoms. The van der Waals surface area contributed by atoms with Gasteiger partial charge in [0.1, 0.15) is 12.3 Å². The normalized spacial score (nSPS) is 9.52. The molecule has 0 heterocycles. The molecule has 0 aliphatic carbocycles. The van der Waals surface area contributed by atoms with Crippen molar-refractivity contribution in [1.82, 2.24) is 4.90 Å². The Bertz CT molecular complexity index is 620. The zero-order valence-corrected chi connectivity index (χ0v) is 11.1. The molecule has 0 saturated heterocycles. The number of carbonyl (C=O) groups is 2. The van der Waals surface area contributed by atoms with Crippen LogP contribution >= 0.6 is 0 Å². The number of hydrogen-bond acceptors (Lipinski definition) is 5. The van der Waals surface area contributed by atoms with Gasteiger partial charge < -0.3 is 14.7 Å². The number of carbonyl (C=O) groups excluding carboxylic acids is 1. The predicted octanol–water partition coefficient (Wildman–Crippen LogP) is 0.763. The maximum Gasteiger partial charge on any atom is 0.323 e. The number of rotatable bonds is 6. The quantitative estimate of drug-likeness (QED) is 0.471. The van der Waals surface area contributed by atoms with Gasteiger partial charge in [-0.1, -0.05) is 12.0 Å². The van der Waals surface area contributed by atoms with Crippen LogP contribution in [0.5, 0.6) is 5.75 Å². The Morgan fingerprint density at radius 1 is 1.52 bits per heavy atom. The topological polar surface area (TPSA) is 110 Å². The highest BCUT2D eigenvalue weighted by Gasteiger charge is 2.29. The van der Waals surface area contributed by atoms with Crippen LogP contribution in [-0.2, 0) is 4.79 Å². The molecule has 0 aliphatic rings. The number of terminal acetylenes is 1. The zero-order valence-electron chi connectivity index (χ0n) is 11.1. The van der Waals surface area contributed by atoms with Gasteiger partial charge in [-0.2, -0.15) is 0 Å². The Morgan fingerprint density at radius 3 is 2.67 bits per heavy atom. The van der Waals surface area contributed by atoms with Gasteiger partial charge in [-0.3, -0.25) is 19.7 Å². The number of amides is 1. The van der Waals surface area contributed by atoms with E-state index >= 15 is 0 Å². The van der Waals surface area contributed by atoms with E-state index in [4.69, 9.17) is 16.3 Å². The van der Waals surface area contributed by atoms with Crippen molar-refractivity contribution in [3.05, 3.63) is 33.9 Å². The third-order valence-corrected chi connectivity index (χ3v) is 2.53. The number of aliphatic carboxylic acids is 1. The lowest BCUT2D eigenvalue weighted by atomic mass is 10.1. The second-order valence-corrected chi connectivity index (χ2v) is 3.87. The van der Waals surface area contributed by atoms with Crippen LogP contribution in [0.4, 0.5) is 5.69 Å². The standard InChI is InChI=1S/C13H12N2O6/c1-3-7-14(8-11(16)17)13(18)12-9(15(19)20)5-4-6-10(12)21-2/h1,4-6H,7-8H2,2H3,(H,16,17). The Balaban J connectivity index is 3.35. The highest BCUT2D eigenvalue weighted by molar-refractivity contribution is 6.02. The average molecular weight is 292 g/mol. The summed E-state index contributed by atoms with van der Waals surface area (Å²) >= 11 is 0. The molecule has 0 atom stereocenters. The molecule has 0 aliphatic heterocycles. The van der Waals surface area contributed by atoms with Gasteiger partial charge in [0, 0.05) is 6.07 Å². The maximum absolute atomic E-state index is 12.4. The van der Waals surface area contributed by atoms with Crippen LogP contribution in [0, 0.1) is 22.5 Å². The number of methoxy groups -OCH3 is 1. The van der Waals surface area contributed by atoms with E-state index in [1.165, 1.54) is 19.2 Å². The number of nitro benzene ring substituents is 1. The Morgan fingerprint density at radius 2 is 2.19 bits per heavy atom. The van der Waals surface area contributed by atoms with Gasteiger partial charge >= 0.3 is 5.97 Å². The molecular formula is C13H12N2O6. The van der Waals surface area contributed by atoms with Crippen LogP contribution in [0.15, 0.2) is 18.2 Å². The molecule has 0 unspecified atom stereocenters. The lowest BCUT2D eigenvalue weighted by Crippen LogP contribution is -2.36. The highest BCUT2D eigenvalue weighted by Crippen LogP contribution is 2.29. The molecule has 1 N–H and O–H groups in total. The zero-order chi connectivity index (χ0) is 16.0. The second-order valence-electron chi connectivity index (χ2n) is 3.87. The number of hydrogen-bond donors (Lipinski definition) is 1. The van der Waals surface area contributed by atoms with E-state index in [1.54, 1.807) is 0 Å². The van der Waals surface area contributed by atoms with Crippen molar-refractivity contribution >= 4 is 17.6 Å². The summed E-state index contributed by atoms with van der Waals surface area (Å²) in [5, 5.41) is 19.8. The predicted molar refractivity (Wildman–Crippen MR) is 72.0 cm³/mol. The number of nitro groups is 1. The summed E-state index contributed by atoms with van der Waals surface area (Å²) in [4.78, 5) is 34.2. The summed E-state index contributed by atoms with van der Waals surface area (Å²) in [6.07, 6.45) is 5.09. The molecule has 1 amide bonds. The van der Waals surface area contributed by atoms with E-state index in [1.807, 2.05) is 0 Å². The van der Waals surface area contributed by atoms with Crippen molar-refractivity contribution in [2.45, 2.75) is 0 Å². The van der Waals surface area contributed by atoms with Gasteiger partial charge in [0.25, 0.3) is 11.6 Å². The summed E-state index contributed by atoms with van der Waals surface area (Å²) in [6, 6.07) is 3.86. The fraction of sp³-hybridized carbons (Fsp3) is 0.231. The first kappa shape index (κ1) is 16.0. The number of ether oxygens (including phenoxy) is 1. The van der Waals surface area contributed by atoms with Crippen molar-refractivity contribution in [1.29, 1.82) is 0 Å². The molecule has 0 bridgehead atoms. The fourth-order valence-corrected chi connectivity index (χ4v) is 1.69. The fourth-order valence-electron chi connectivity index (χ4n) is 1.69. The smallest absolute Gasteiger partial charge is 0.323 e. The van der Waals surface area contributed by atoms with Gasteiger partial charge in [0.2, 0.25) is 0 Å². The third-order valence-electron chi connectivity index (χ3n) is 2.53. The van der Waals surface area contributed by atoms with E-state index < -0.39 is 29.0 Å². The van der Waals surface area contributed by atoms with Crippen molar-refractivity contribution < 1.29 is 24.4 Å². The van der Waals surface area contributed by atoms with E-state index in [2.05, 4.69) is 5.92 Å². The lowest BCUT2D eigenvalue weighted by molar-refractivity contribution is -0.385. The number of benzene rings is 1. The van der Waals surface area contributed by atoms with E-state index in [-0.39, 0.29) is 17.9 Å². The molecule has 110 valence electrons. The van der Waals surface area contributed by atoms with Gasteiger partial charge in [-0.05, 0) is 6.07 Å². The van der Waals surface area contributed by atoms with Crippen LogP contribution < -0.4 is 4.74 Å². The number of nitrogens with zero attached hydrogens (tertiary/aromatic N) is 2. The van der Waals surface area contributed by atoms with Crippen molar-refractivity contribution in [2.75, 3.05) is 20.2 Å². The van der Waals surface area contributed by atoms with Crippen molar-refractivity contribution in [2.24, 2.45) is 0 Å². The van der Waals surface area contributed by atoms with Crippen LogP contribution in [-0.4, -0.2) is 47.0 Å². The molecule has 0 spiro atoms. The van der Waals surface area contributed by atoms with E-state index in [0.29, 0.717) is 0 Å². The minimum Gasteiger partial charge on any atom is -0.496 e. The average Bonchev–Trinajstić information content (AvgIpc) is 2.44. The maximum atomic E-state index is 12.4. The molecule has 0 fully saturated rings. The van der Waals surface area contributed by atoms with Gasteiger partial charge in [0.15, 0.2) is 5.56 Å². The van der Waals surface area contributed by atoms with Crippen LogP contribution in [0.25, 0.3) is 0 Å². The third kappa shape index (κ3) is 3.70. The Labute approximate surface area is 120 Å². The molecule has 0 radical (unpaired) electrons. The molecular weight excluding hydrogens is 280 g/mol. The number of carboxylic acids is 1. The van der Waals surface area contributed by atoms with Crippen molar-refractivity contribution in [3.63, 3.8) is 0 Å².